The number of anilines is 1. The Morgan fingerprint density at radius 1 is 1.67 bits per heavy atom. The monoisotopic (exact) mass is 187 g/mol. The van der Waals surface area contributed by atoms with Crippen LogP contribution in [0, 0.1) is 6.92 Å². The molecule has 1 aromatic heterocycles. The van der Waals surface area contributed by atoms with Crippen molar-refractivity contribution in [3.05, 3.63) is 5.01 Å². The van der Waals surface area contributed by atoms with E-state index in [1.807, 2.05) is 0 Å². The maximum Gasteiger partial charge on any atom is 0.254 e. The van der Waals surface area contributed by atoms with E-state index < -0.39 is 6.61 Å². The van der Waals surface area contributed by atoms with E-state index in [0.29, 0.717) is 5.13 Å². The minimum Gasteiger partial charge on any atom is -0.387 e. The average molecular weight is 187 g/mol. The molecule has 0 bridgehead atoms. The summed E-state index contributed by atoms with van der Waals surface area (Å²) in [5.74, 6) is -0.383. The lowest BCUT2D eigenvalue weighted by Gasteiger charge is -2.09. The Morgan fingerprint density at radius 2 is 2.33 bits per heavy atom. The summed E-state index contributed by atoms with van der Waals surface area (Å²) in [6.07, 6.45) is 0. The molecule has 12 heavy (non-hydrogen) atoms. The molecule has 0 aliphatic carbocycles. The van der Waals surface area contributed by atoms with Crippen LogP contribution < -0.4 is 4.90 Å². The highest BCUT2D eigenvalue weighted by Crippen LogP contribution is 2.17. The number of likely N-dealkylation sites (N-methyl/N-ethyl adjacent to an activating group) is 1. The first-order valence-electron chi connectivity index (χ1n) is 3.32. The molecule has 0 atom stereocenters. The van der Waals surface area contributed by atoms with Gasteiger partial charge in [-0.05, 0) is 6.92 Å². The summed E-state index contributed by atoms with van der Waals surface area (Å²) in [6.45, 7) is 1.30. The molecule has 0 saturated heterocycles. The quantitative estimate of drug-likeness (QED) is 0.696. The predicted molar refractivity (Wildman–Crippen MR) is 45.1 cm³/mol. The number of hydrogen-bond donors (Lipinski definition) is 1. The van der Waals surface area contributed by atoms with E-state index >= 15 is 0 Å². The van der Waals surface area contributed by atoms with Gasteiger partial charge >= 0.3 is 0 Å². The van der Waals surface area contributed by atoms with Crippen molar-refractivity contribution in [2.24, 2.45) is 0 Å². The molecule has 0 unspecified atom stereocenters. The van der Waals surface area contributed by atoms with Gasteiger partial charge in [-0.25, -0.2) is 0 Å². The van der Waals surface area contributed by atoms with Gasteiger partial charge in [-0.3, -0.25) is 9.69 Å². The number of aromatic nitrogens is 2. The van der Waals surface area contributed by atoms with Gasteiger partial charge in [0.2, 0.25) is 5.13 Å². The topological polar surface area (TPSA) is 66.3 Å². The molecule has 0 aliphatic rings. The van der Waals surface area contributed by atoms with Crippen LogP contribution in [0.25, 0.3) is 0 Å². The molecule has 1 heterocycles. The van der Waals surface area contributed by atoms with Crippen molar-refractivity contribution in [3.8, 4) is 0 Å². The van der Waals surface area contributed by atoms with Gasteiger partial charge in [0.25, 0.3) is 5.91 Å². The first-order chi connectivity index (χ1) is 5.65. The smallest absolute Gasteiger partial charge is 0.254 e. The van der Waals surface area contributed by atoms with Crippen molar-refractivity contribution < 1.29 is 9.90 Å². The summed E-state index contributed by atoms with van der Waals surface area (Å²) in [6, 6.07) is 0. The molecule has 0 saturated carbocycles. The SMILES string of the molecule is Cc1nnc(N(C)C(=O)CO)s1. The highest BCUT2D eigenvalue weighted by atomic mass is 32.1. The van der Waals surface area contributed by atoms with Crippen molar-refractivity contribution in [3.63, 3.8) is 0 Å². The molecule has 0 aromatic carbocycles. The van der Waals surface area contributed by atoms with Crippen molar-refractivity contribution in [1.29, 1.82) is 0 Å². The highest BCUT2D eigenvalue weighted by molar-refractivity contribution is 7.15. The zero-order valence-electron chi connectivity index (χ0n) is 6.81. The Kier molecular flexibility index (Phi) is 2.72. The van der Waals surface area contributed by atoms with E-state index in [9.17, 15) is 4.79 Å². The van der Waals surface area contributed by atoms with Crippen LogP contribution in [0.1, 0.15) is 5.01 Å². The van der Waals surface area contributed by atoms with Crippen LogP contribution in [-0.2, 0) is 4.79 Å². The molecule has 6 heteroatoms. The maximum absolute atomic E-state index is 10.9. The lowest BCUT2D eigenvalue weighted by molar-refractivity contribution is -0.120. The van der Waals surface area contributed by atoms with E-state index in [2.05, 4.69) is 10.2 Å². The zero-order chi connectivity index (χ0) is 9.14. The molecular formula is C6H9N3O2S. The lowest BCUT2D eigenvalue weighted by atomic mass is 10.6. The van der Waals surface area contributed by atoms with Gasteiger partial charge in [0.05, 0.1) is 0 Å². The lowest BCUT2D eigenvalue weighted by Crippen LogP contribution is -2.28. The molecule has 5 nitrogen and oxygen atoms in total. The number of amides is 1. The molecule has 66 valence electrons. The summed E-state index contributed by atoms with van der Waals surface area (Å²) in [5, 5.41) is 17.3. The summed E-state index contributed by atoms with van der Waals surface area (Å²) in [5.41, 5.74) is 0. The number of aliphatic hydroxyl groups is 1. The Balaban J connectivity index is 2.77. The number of hydrogen-bond acceptors (Lipinski definition) is 5. The molecule has 1 amide bonds. The van der Waals surface area contributed by atoms with Gasteiger partial charge in [0.1, 0.15) is 11.6 Å². The standard InChI is InChI=1S/C6H9N3O2S/c1-4-7-8-6(12-4)9(2)5(11)3-10/h10H,3H2,1-2H3. The van der Waals surface area contributed by atoms with Gasteiger partial charge in [0, 0.05) is 7.05 Å². The molecule has 1 rings (SSSR count). The number of aryl methyl sites for hydroxylation is 1. The van der Waals surface area contributed by atoms with E-state index in [-0.39, 0.29) is 5.91 Å². The van der Waals surface area contributed by atoms with Crippen LogP contribution in [0.5, 0.6) is 0 Å². The van der Waals surface area contributed by atoms with Crippen molar-refractivity contribution >= 4 is 22.4 Å². The average Bonchev–Trinajstić information content (AvgIpc) is 2.49. The minimum absolute atomic E-state index is 0.383. The number of carbonyl (C=O) groups is 1. The van der Waals surface area contributed by atoms with Gasteiger partial charge < -0.3 is 5.11 Å². The van der Waals surface area contributed by atoms with Crippen LogP contribution in [-0.4, -0.2) is 34.9 Å². The molecule has 0 fully saturated rings. The Morgan fingerprint density at radius 3 is 2.75 bits per heavy atom. The first kappa shape index (κ1) is 9.08. The number of aliphatic hydroxyl groups excluding tert-OH is 1. The Bertz CT molecular complexity index is 286. The second kappa shape index (κ2) is 3.59. The molecule has 0 spiro atoms. The third kappa shape index (κ3) is 1.77. The van der Waals surface area contributed by atoms with E-state index in [1.54, 1.807) is 14.0 Å². The van der Waals surface area contributed by atoms with Crippen molar-refractivity contribution in [1.82, 2.24) is 10.2 Å². The number of rotatable bonds is 2. The van der Waals surface area contributed by atoms with Crippen LogP contribution in [0.3, 0.4) is 0 Å². The van der Waals surface area contributed by atoms with Crippen LogP contribution in [0.2, 0.25) is 0 Å². The van der Waals surface area contributed by atoms with Gasteiger partial charge in [-0.1, -0.05) is 11.3 Å². The second-order valence-electron chi connectivity index (χ2n) is 2.21. The Labute approximate surface area is 73.7 Å². The van der Waals surface area contributed by atoms with Crippen LogP contribution >= 0.6 is 11.3 Å². The third-order valence-electron chi connectivity index (χ3n) is 1.31. The summed E-state index contributed by atoms with van der Waals surface area (Å²) in [7, 11) is 1.55. The number of carbonyl (C=O) groups excluding carboxylic acids is 1. The van der Waals surface area contributed by atoms with E-state index in [4.69, 9.17) is 5.11 Å². The Hall–Kier alpha value is -1.01. The summed E-state index contributed by atoms with van der Waals surface area (Å²) < 4.78 is 0. The number of nitrogens with zero attached hydrogens (tertiary/aromatic N) is 3. The predicted octanol–water partition coefficient (Wildman–Crippen LogP) is -0.198. The highest BCUT2D eigenvalue weighted by Gasteiger charge is 2.12. The van der Waals surface area contributed by atoms with Crippen LogP contribution in [0.15, 0.2) is 0 Å². The summed E-state index contributed by atoms with van der Waals surface area (Å²) >= 11 is 1.31. The van der Waals surface area contributed by atoms with Gasteiger partial charge in [-0.2, -0.15) is 0 Å². The summed E-state index contributed by atoms with van der Waals surface area (Å²) in [4.78, 5) is 12.2. The molecule has 1 aromatic rings. The fraction of sp³-hybridized carbons (Fsp3) is 0.500. The molecule has 0 radical (unpaired) electrons. The molecule has 0 aliphatic heterocycles. The normalized spacial score (nSPS) is 9.92. The molecular weight excluding hydrogens is 178 g/mol. The van der Waals surface area contributed by atoms with Crippen molar-refractivity contribution in [2.45, 2.75) is 6.92 Å². The third-order valence-corrected chi connectivity index (χ3v) is 2.23. The van der Waals surface area contributed by atoms with Gasteiger partial charge in [-0.15, -0.1) is 10.2 Å². The fourth-order valence-corrected chi connectivity index (χ4v) is 1.30. The van der Waals surface area contributed by atoms with Gasteiger partial charge in [0.15, 0.2) is 0 Å². The maximum atomic E-state index is 10.9. The zero-order valence-corrected chi connectivity index (χ0v) is 7.63. The second-order valence-corrected chi connectivity index (χ2v) is 3.37. The molecule has 1 N–H and O–H groups in total. The largest absolute Gasteiger partial charge is 0.387 e. The van der Waals surface area contributed by atoms with E-state index in [0.717, 1.165) is 5.01 Å². The van der Waals surface area contributed by atoms with Crippen LogP contribution in [0.4, 0.5) is 5.13 Å². The first-order valence-corrected chi connectivity index (χ1v) is 4.14. The fourth-order valence-electron chi connectivity index (χ4n) is 0.634. The van der Waals surface area contributed by atoms with E-state index in [1.165, 1.54) is 16.2 Å². The minimum atomic E-state index is -0.505. The van der Waals surface area contributed by atoms with Crippen molar-refractivity contribution in [2.75, 3.05) is 18.6 Å².